The lowest BCUT2D eigenvalue weighted by atomic mass is 9.83. The number of hydrogen-bond acceptors (Lipinski definition) is 13. The molecule has 3 aromatic rings. The number of fused-ring (bicyclic) bond motifs is 6. The molecule has 0 saturated carbocycles. The number of halogens is 1. The highest BCUT2D eigenvalue weighted by Gasteiger charge is 2.64. The third-order valence-corrected chi connectivity index (χ3v) is 13.0. The van der Waals surface area contributed by atoms with Crippen molar-refractivity contribution < 1.29 is 48.0 Å². The van der Waals surface area contributed by atoms with Gasteiger partial charge in [0.15, 0.2) is 5.72 Å². The number of allylic oxidation sites excluding steroid dienone is 3. The van der Waals surface area contributed by atoms with Gasteiger partial charge in [0.1, 0.15) is 46.4 Å². The Hall–Kier alpha value is -5.04. The zero-order valence-electron chi connectivity index (χ0n) is 37.6. The Kier molecular flexibility index (Phi) is 14.6. The van der Waals surface area contributed by atoms with E-state index in [1.807, 2.05) is 54.9 Å². The molecule has 8 atom stereocenters. The number of benzene rings is 1. The minimum Gasteiger partial charge on any atom is -0.495 e. The van der Waals surface area contributed by atoms with E-state index in [4.69, 9.17) is 35.3 Å². The molecule has 342 valence electrons. The molecule has 3 aliphatic heterocycles. The van der Waals surface area contributed by atoms with Gasteiger partial charge in [-0.3, -0.25) is 20.3 Å². The van der Waals surface area contributed by atoms with Crippen LogP contribution in [-0.2, 0) is 52.8 Å². The van der Waals surface area contributed by atoms with Crippen LogP contribution in [0.3, 0.4) is 0 Å². The molecule has 17 nitrogen and oxygen atoms in total. The normalized spacial score (nSPS) is 27.0. The molecule has 0 spiro atoms. The van der Waals surface area contributed by atoms with Gasteiger partial charge in [-0.25, -0.2) is 19.6 Å². The largest absolute Gasteiger partial charge is 0.495 e. The molecule has 1 aromatic carbocycles. The van der Waals surface area contributed by atoms with Crippen LogP contribution in [0.4, 0.5) is 10.5 Å². The van der Waals surface area contributed by atoms with Crippen LogP contribution < -0.4 is 20.4 Å². The van der Waals surface area contributed by atoms with Crippen molar-refractivity contribution in [1.29, 1.82) is 0 Å². The van der Waals surface area contributed by atoms with Crippen molar-refractivity contribution in [2.75, 3.05) is 47.3 Å². The van der Waals surface area contributed by atoms with Crippen LogP contribution >= 0.6 is 11.6 Å². The number of epoxide rings is 1. The number of likely N-dealkylation sites (N-methyl/N-ethyl adjacent to an activating group) is 1. The van der Waals surface area contributed by atoms with Crippen LogP contribution in [0.2, 0.25) is 5.02 Å². The molecule has 0 radical (unpaired) electrons. The van der Waals surface area contributed by atoms with Gasteiger partial charge in [-0.15, -0.1) is 0 Å². The van der Waals surface area contributed by atoms with E-state index in [0.717, 1.165) is 27.9 Å². The summed E-state index contributed by atoms with van der Waals surface area (Å²) in [6.07, 6.45) is 2.55. The number of nitrogens with zero attached hydrogens (tertiary/aromatic N) is 5. The maximum absolute atomic E-state index is 14.4. The van der Waals surface area contributed by atoms with Gasteiger partial charge < -0.3 is 43.2 Å². The Morgan fingerprint density at radius 1 is 1.21 bits per heavy atom. The predicted molar refractivity (Wildman–Crippen MR) is 236 cm³/mol. The SMILES string of the molecule is CNN(C)Cc1cc2cccnc2n1CCC(=O)N(C)C(C)C(=O)OC1CC(=O)N(C)c2cc(cc(OC)c2Cl)CC(C)=CC=CC(OC)C2(O)CC(OC(=O)N2)C(C)C2OC12C. The number of nitrogens with one attached hydrogen (secondary N) is 2. The molecule has 4 bridgehead atoms. The Morgan fingerprint density at radius 3 is 2.65 bits per heavy atom. The van der Waals surface area contributed by atoms with Gasteiger partial charge in [-0.1, -0.05) is 42.3 Å². The van der Waals surface area contributed by atoms with Crippen LogP contribution in [0.25, 0.3) is 11.0 Å². The van der Waals surface area contributed by atoms with E-state index in [2.05, 4.69) is 15.7 Å². The van der Waals surface area contributed by atoms with Crippen LogP contribution in [0, 0.1) is 5.92 Å². The van der Waals surface area contributed by atoms with E-state index in [-0.39, 0.29) is 30.2 Å². The van der Waals surface area contributed by atoms with Crippen LogP contribution in [0.15, 0.2) is 60.3 Å². The van der Waals surface area contributed by atoms with Crippen molar-refractivity contribution >= 4 is 52.2 Å². The second-order valence-corrected chi connectivity index (χ2v) is 17.3. The topological polar surface area (TPSA) is 190 Å². The summed E-state index contributed by atoms with van der Waals surface area (Å²) in [6, 6.07) is 8.41. The summed E-state index contributed by atoms with van der Waals surface area (Å²) in [6.45, 7) is 7.89. The number of anilines is 1. The van der Waals surface area contributed by atoms with Crippen molar-refractivity contribution in [3.63, 3.8) is 0 Å². The first kappa shape index (κ1) is 47.4. The quantitative estimate of drug-likeness (QED) is 0.139. The van der Waals surface area contributed by atoms with Gasteiger partial charge in [0.2, 0.25) is 11.8 Å². The zero-order chi connectivity index (χ0) is 46.0. The number of aliphatic hydroxyl groups is 1. The molecule has 2 aromatic heterocycles. The van der Waals surface area contributed by atoms with Crippen LogP contribution in [0.1, 0.15) is 58.2 Å². The van der Waals surface area contributed by atoms with Crippen LogP contribution in [-0.4, -0.2) is 133 Å². The summed E-state index contributed by atoms with van der Waals surface area (Å²) >= 11 is 6.82. The number of pyridine rings is 1. The molecule has 2 saturated heterocycles. The number of carbonyl (C=O) groups is 4. The second kappa shape index (κ2) is 19.4. The fraction of sp³-hybridized carbons (Fsp3) is 0.533. The summed E-state index contributed by atoms with van der Waals surface area (Å²) in [5.74, 6) is -1.69. The van der Waals surface area contributed by atoms with Crippen molar-refractivity contribution in [2.45, 2.75) is 108 Å². The third-order valence-electron chi connectivity index (χ3n) is 12.6. The third kappa shape index (κ3) is 10.2. The molecule has 5 heterocycles. The molecule has 63 heavy (non-hydrogen) atoms. The number of rotatable bonds is 11. The fourth-order valence-corrected chi connectivity index (χ4v) is 8.76. The first-order valence-electron chi connectivity index (χ1n) is 21.0. The van der Waals surface area contributed by atoms with E-state index in [1.165, 1.54) is 31.1 Å². The summed E-state index contributed by atoms with van der Waals surface area (Å²) in [5.41, 5.74) is 3.80. The molecular formula is C45H60ClN7O10. The van der Waals surface area contributed by atoms with Crippen molar-refractivity contribution in [3.05, 3.63) is 76.6 Å². The molecule has 8 unspecified atom stereocenters. The summed E-state index contributed by atoms with van der Waals surface area (Å²) in [5, 5.41) is 17.4. The number of esters is 1. The van der Waals surface area contributed by atoms with Gasteiger partial charge in [0.05, 0.1) is 31.9 Å². The van der Waals surface area contributed by atoms with E-state index >= 15 is 0 Å². The molecule has 0 aliphatic carbocycles. The highest BCUT2D eigenvalue weighted by Crippen LogP contribution is 2.49. The minimum absolute atomic E-state index is 0.0653. The maximum atomic E-state index is 14.4. The lowest BCUT2D eigenvalue weighted by molar-refractivity contribution is -0.162. The summed E-state index contributed by atoms with van der Waals surface area (Å²) in [4.78, 5) is 62.6. The number of alkyl carbamates (subject to hydrolysis) is 1. The Balaban J connectivity index is 1.28. The molecule has 3 aliphatic rings. The fourth-order valence-electron chi connectivity index (χ4n) is 8.45. The zero-order valence-corrected chi connectivity index (χ0v) is 38.4. The number of ether oxygens (including phenoxy) is 5. The first-order valence-corrected chi connectivity index (χ1v) is 21.4. The van der Waals surface area contributed by atoms with E-state index in [0.29, 0.717) is 30.9 Å². The Labute approximate surface area is 373 Å². The number of hydrazine groups is 1. The molecule has 3 N–H and O–H groups in total. The van der Waals surface area contributed by atoms with Gasteiger partial charge in [0, 0.05) is 70.8 Å². The van der Waals surface area contributed by atoms with Crippen molar-refractivity contribution in [1.82, 2.24) is 30.2 Å². The van der Waals surface area contributed by atoms with Crippen molar-refractivity contribution in [3.8, 4) is 5.75 Å². The predicted octanol–water partition coefficient (Wildman–Crippen LogP) is 4.52. The molecule has 3 amide bonds. The van der Waals surface area contributed by atoms with Gasteiger partial charge in [0.25, 0.3) is 0 Å². The standard InChI is InChI=1S/C45H60ClN7O10/c1-26-13-11-15-35(60-10)45(58)24-34(61-43(57)49-45)27(2)40-44(4,63-40)36(23-38(55)52(8)32-20-29(19-26)21-33(59-9)39(32)46)62-42(56)28(3)51(7)37(54)16-18-53-31(25-50(6)47-5)22-30-14-12-17-48-41(30)53/h11-15,17,20-22,27-28,34-36,40,47,58H,16,18-19,23-25H2,1-10H3,(H,49,57). The average Bonchev–Trinajstić information content (AvgIpc) is 3.83. The number of aromatic nitrogens is 2. The van der Waals surface area contributed by atoms with E-state index in [1.54, 1.807) is 58.3 Å². The second-order valence-electron chi connectivity index (χ2n) is 16.9. The monoisotopic (exact) mass is 893 g/mol. The molecule has 6 rings (SSSR count). The minimum atomic E-state index is -1.85. The Bertz CT molecular complexity index is 2270. The van der Waals surface area contributed by atoms with Crippen molar-refractivity contribution in [2.24, 2.45) is 5.92 Å². The van der Waals surface area contributed by atoms with Gasteiger partial charge in [-0.2, -0.15) is 0 Å². The molecule has 2 fully saturated rings. The van der Waals surface area contributed by atoms with Gasteiger partial charge >= 0.3 is 12.1 Å². The van der Waals surface area contributed by atoms with E-state index < -0.39 is 65.7 Å². The number of aryl methyl sites for hydroxylation is 1. The maximum Gasteiger partial charge on any atom is 0.409 e. The van der Waals surface area contributed by atoms with Crippen LogP contribution in [0.5, 0.6) is 5.75 Å². The molecule has 18 heteroatoms. The van der Waals surface area contributed by atoms with E-state index in [9.17, 15) is 24.3 Å². The number of carbonyl (C=O) groups excluding carboxylic acids is 4. The molecular weight excluding hydrogens is 834 g/mol. The number of hydrogen-bond donors (Lipinski definition) is 3. The summed E-state index contributed by atoms with van der Waals surface area (Å²) in [7, 11) is 9.78. The number of amides is 3. The van der Waals surface area contributed by atoms with Gasteiger partial charge in [-0.05, 0) is 70.1 Å². The highest BCUT2D eigenvalue weighted by atomic mass is 35.5. The highest BCUT2D eigenvalue weighted by molar-refractivity contribution is 6.35. The number of methoxy groups -OCH3 is 2. The lowest BCUT2D eigenvalue weighted by Gasteiger charge is -2.42. The lowest BCUT2D eigenvalue weighted by Crippen LogP contribution is -2.63. The smallest absolute Gasteiger partial charge is 0.409 e. The Morgan fingerprint density at radius 2 is 1.95 bits per heavy atom. The average molecular weight is 894 g/mol. The summed E-state index contributed by atoms with van der Waals surface area (Å²) < 4.78 is 31.6. The first-order chi connectivity index (χ1) is 29.8.